The average molecular weight is 251 g/mol. The number of rotatable bonds is 8. The van der Waals surface area contributed by atoms with E-state index in [9.17, 15) is 4.79 Å². The number of hydrogen-bond acceptors (Lipinski definition) is 3. The van der Waals surface area contributed by atoms with Crippen LogP contribution in [-0.2, 0) is 6.54 Å². The van der Waals surface area contributed by atoms with E-state index in [0.717, 1.165) is 38.0 Å². The summed E-state index contributed by atoms with van der Waals surface area (Å²) < 4.78 is 1.69. The molecule has 4 heteroatoms. The van der Waals surface area contributed by atoms with E-state index in [1.165, 1.54) is 6.42 Å². The van der Waals surface area contributed by atoms with Crippen LogP contribution in [0.25, 0.3) is 0 Å². The smallest absolute Gasteiger partial charge is 0.314 e. The lowest BCUT2D eigenvalue weighted by Crippen LogP contribution is -2.27. The highest BCUT2D eigenvalue weighted by Crippen LogP contribution is 2.02. The standard InChI is InChI=1S/C14H25N3O/c1-4-9-15-12(2)7-5-6-10-17-11-8-13(3)16-14(17)18/h8,11-12,15H,4-7,9-10H2,1-3H3. The Morgan fingerprint density at radius 1 is 1.44 bits per heavy atom. The Kier molecular flexibility index (Phi) is 6.65. The summed E-state index contributed by atoms with van der Waals surface area (Å²) in [5.74, 6) is 0. The zero-order chi connectivity index (χ0) is 13.4. The Hall–Kier alpha value is -1.16. The van der Waals surface area contributed by atoms with Crippen molar-refractivity contribution in [2.75, 3.05) is 6.54 Å². The van der Waals surface area contributed by atoms with E-state index < -0.39 is 0 Å². The van der Waals surface area contributed by atoms with Gasteiger partial charge in [-0.25, -0.2) is 4.79 Å². The largest absolute Gasteiger partial charge is 0.347 e. The van der Waals surface area contributed by atoms with E-state index >= 15 is 0 Å². The molecule has 1 aromatic rings. The van der Waals surface area contributed by atoms with Crippen LogP contribution in [0.1, 0.15) is 45.2 Å². The summed E-state index contributed by atoms with van der Waals surface area (Å²) in [4.78, 5) is 15.5. The summed E-state index contributed by atoms with van der Waals surface area (Å²) in [6, 6.07) is 2.45. The van der Waals surface area contributed by atoms with Crippen LogP contribution in [0.5, 0.6) is 0 Å². The fourth-order valence-corrected chi connectivity index (χ4v) is 1.91. The van der Waals surface area contributed by atoms with Crippen molar-refractivity contribution in [3.8, 4) is 0 Å². The fourth-order valence-electron chi connectivity index (χ4n) is 1.91. The molecular formula is C14H25N3O. The van der Waals surface area contributed by atoms with Crippen LogP contribution in [0.4, 0.5) is 0 Å². The van der Waals surface area contributed by atoms with Crippen molar-refractivity contribution in [1.82, 2.24) is 14.9 Å². The minimum Gasteiger partial charge on any atom is -0.314 e. The van der Waals surface area contributed by atoms with Crippen molar-refractivity contribution in [1.29, 1.82) is 0 Å². The highest BCUT2D eigenvalue weighted by atomic mass is 16.1. The van der Waals surface area contributed by atoms with Gasteiger partial charge in [0.1, 0.15) is 0 Å². The van der Waals surface area contributed by atoms with Crippen molar-refractivity contribution in [3.63, 3.8) is 0 Å². The molecule has 0 amide bonds. The van der Waals surface area contributed by atoms with Gasteiger partial charge in [-0.3, -0.25) is 4.57 Å². The molecule has 1 N–H and O–H groups in total. The molecule has 1 rings (SSSR count). The molecule has 102 valence electrons. The molecule has 4 nitrogen and oxygen atoms in total. The first-order valence-electron chi connectivity index (χ1n) is 6.91. The maximum atomic E-state index is 11.5. The van der Waals surface area contributed by atoms with Gasteiger partial charge in [-0.2, -0.15) is 4.98 Å². The molecule has 0 aliphatic heterocycles. The van der Waals surface area contributed by atoms with Crippen molar-refractivity contribution in [2.45, 2.75) is 59.0 Å². The van der Waals surface area contributed by atoms with Crippen molar-refractivity contribution < 1.29 is 0 Å². The van der Waals surface area contributed by atoms with Crippen molar-refractivity contribution in [2.24, 2.45) is 0 Å². The second-order valence-electron chi connectivity index (χ2n) is 4.90. The zero-order valence-corrected chi connectivity index (χ0v) is 11.8. The van der Waals surface area contributed by atoms with E-state index in [0.29, 0.717) is 6.04 Å². The fraction of sp³-hybridized carbons (Fsp3) is 0.714. The monoisotopic (exact) mass is 251 g/mol. The van der Waals surface area contributed by atoms with Crippen LogP contribution in [0.15, 0.2) is 17.1 Å². The quantitative estimate of drug-likeness (QED) is 0.720. The van der Waals surface area contributed by atoms with Crippen LogP contribution in [0, 0.1) is 6.92 Å². The molecule has 0 aromatic carbocycles. The van der Waals surface area contributed by atoms with Gasteiger partial charge in [-0.15, -0.1) is 0 Å². The van der Waals surface area contributed by atoms with Crippen LogP contribution in [0.2, 0.25) is 0 Å². The third kappa shape index (κ3) is 5.45. The molecule has 1 unspecified atom stereocenters. The lowest BCUT2D eigenvalue weighted by molar-refractivity contribution is 0.471. The summed E-state index contributed by atoms with van der Waals surface area (Å²) >= 11 is 0. The Morgan fingerprint density at radius 2 is 2.22 bits per heavy atom. The normalized spacial score (nSPS) is 12.6. The predicted octanol–water partition coefficient (Wildman–Crippen LogP) is 2.11. The highest BCUT2D eigenvalue weighted by Gasteiger charge is 2.01. The van der Waals surface area contributed by atoms with E-state index in [-0.39, 0.29) is 5.69 Å². The second-order valence-corrected chi connectivity index (χ2v) is 4.90. The Morgan fingerprint density at radius 3 is 2.89 bits per heavy atom. The number of aromatic nitrogens is 2. The van der Waals surface area contributed by atoms with Gasteiger partial charge in [0.15, 0.2) is 0 Å². The highest BCUT2D eigenvalue weighted by molar-refractivity contribution is 4.95. The van der Waals surface area contributed by atoms with E-state index in [1.54, 1.807) is 4.57 Å². The molecule has 0 fully saturated rings. The number of aryl methyl sites for hydroxylation is 2. The molecule has 0 spiro atoms. The van der Waals surface area contributed by atoms with Crippen molar-refractivity contribution >= 4 is 0 Å². The lowest BCUT2D eigenvalue weighted by Gasteiger charge is -2.12. The molecule has 0 saturated heterocycles. The minimum atomic E-state index is -0.132. The molecule has 0 aliphatic rings. The maximum Gasteiger partial charge on any atom is 0.347 e. The lowest BCUT2D eigenvalue weighted by atomic mass is 10.1. The van der Waals surface area contributed by atoms with Crippen molar-refractivity contribution in [3.05, 3.63) is 28.4 Å². The Bertz CT molecular complexity index is 400. The maximum absolute atomic E-state index is 11.5. The zero-order valence-electron chi connectivity index (χ0n) is 11.8. The molecule has 0 saturated carbocycles. The molecule has 1 heterocycles. The van der Waals surface area contributed by atoms with Gasteiger partial charge in [0.2, 0.25) is 0 Å². The first-order chi connectivity index (χ1) is 8.63. The average Bonchev–Trinajstić information content (AvgIpc) is 2.34. The first kappa shape index (κ1) is 14.9. The Labute approximate surface area is 109 Å². The van der Waals surface area contributed by atoms with Gasteiger partial charge < -0.3 is 5.32 Å². The molecular weight excluding hydrogens is 226 g/mol. The second kappa shape index (κ2) is 8.03. The van der Waals surface area contributed by atoms with Gasteiger partial charge in [-0.1, -0.05) is 13.3 Å². The SMILES string of the molecule is CCCNC(C)CCCCn1ccc(C)nc1=O. The summed E-state index contributed by atoms with van der Waals surface area (Å²) in [6.45, 7) is 8.09. The number of hydrogen-bond donors (Lipinski definition) is 1. The van der Waals surface area contributed by atoms with Gasteiger partial charge in [0.25, 0.3) is 0 Å². The summed E-state index contributed by atoms with van der Waals surface area (Å²) in [5, 5.41) is 3.47. The molecule has 1 aromatic heterocycles. The number of nitrogens with one attached hydrogen (secondary N) is 1. The van der Waals surface area contributed by atoms with E-state index in [4.69, 9.17) is 0 Å². The van der Waals surface area contributed by atoms with Gasteiger partial charge in [0.05, 0.1) is 0 Å². The molecule has 0 bridgehead atoms. The van der Waals surface area contributed by atoms with Gasteiger partial charge >= 0.3 is 5.69 Å². The first-order valence-corrected chi connectivity index (χ1v) is 6.91. The number of nitrogens with zero attached hydrogens (tertiary/aromatic N) is 2. The van der Waals surface area contributed by atoms with Crippen LogP contribution < -0.4 is 11.0 Å². The third-order valence-electron chi connectivity index (χ3n) is 3.04. The summed E-state index contributed by atoms with van der Waals surface area (Å²) in [5.41, 5.74) is 0.654. The minimum absolute atomic E-state index is 0.132. The van der Waals surface area contributed by atoms with Crippen LogP contribution >= 0.6 is 0 Å². The summed E-state index contributed by atoms with van der Waals surface area (Å²) in [6.07, 6.45) is 6.34. The third-order valence-corrected chi connectivity index (χ3v) is 3.04. The topological polar surface area (TPSA) is 46.9 Å². The van der Waals surface area contributed by atoms with E-state index in [1.807, 2.05) is 19.2 Å². The molecule has 18 heavy (non-hydrogen) atoms. The molecule has 1 atom stereocenters. The number of unbranched alkanes of at least 4 members (excludes halogenated alkanes) is 1. The van der Waals surface area contributed by atoms with Gasteiger partial charge in [-0.05, 0) is 45.7 Å². The molecule has 0 aliphatic carbocycles. The van der Waals surface area contributed by atoms with Crippen LogP contribution in [0.3, 0.4) is 0 Å². The molecule has 0 radical (unpaired) electrons. The van der Waals surface area contributed by atoms with Gasteiger partial charge in [0, 0.05) is 24.5 Å². The summed E-state index contributed by atoms with van der Waals surface area (Å²) in [7, 11) is 0. The van der Waals surface area contributed by atoms with E-state index in [2.05, 4.69) is 24.1 Å². The Balaban J connectivity index is 2.23. The van der Waals surface area contributed by atoms with Crippen LogP contribution in [-0.4, -0.2) is 22.1 Å². The predicted molar refractivity (Wildman–Crippen MR) is 74.8 cm³/mol.